The minimum absolute atomic E-state index is 0.456. The van der Waals surface area contributed by atoms with E-state index in [0.29, 0.717) is 9.76 Å². The molecular formula is C8H17IN2. The average Bonchev–Trinajstić information content (AvgIpc) is 1.90. The molecule has 11 heavy (non-hydrogen) atoms. The molecule has 66 valence electrons. The fourth-order valence-electron chi connectivity index (χ4n) is 0.314. The molecule has 0 spiro atoms. The molecule has 0 aromatic heterocycles. The van der Waals surface area contributed by atoms with E-state index in [1.54, 1.807) is 12.3 Å². The van der Waals surface area contributed by atoms with E-state index in [1.165, 1.54) is 0 Å². The Morgan fingerprint density at radius 3 is 2.18 bits per heavy atom. The number of hydrogen-bond donors (Lipinski definition) is 2. The van der Waals surface area contributed by atoms with Gasteiger partial charge in [-0.05, 0) is 48.7 Å². The number of halogens is 1. The molecule has 0 heterocycles. The van der Waals surface area contributed by atoms with Gasteiger partial charge in [-0.3, -0.25) is 5.41 Å². The van der Waals surface area contributed by atoms with Crippen molar-refractivity contribution in [1.29, 1.82) is 5.41 Å². The smallest absolute Gasteiger partial charge is 0.0934 e. The van der Waals surface area contributed by atoms with Gasteiger partial charge >= 0.3 is 0 Å². The summed E-state index contributed by atoms with van der Waals surface area (Å²) >= 11 is 1.95. The summed E-state index contributed by atoms with van der Waals surface area (Å²) in [7, 11) is 0. The van der Waals surface area contributed by atoms with Crippen LogP contribution in [0.4, 0.5) is 0 Å². The summed E-state index contributed by atoms with van der Waals surface area (Å²) in [6, 6.07) is 0.456. The third-order valence-electron chi connectivity index (χ3n) is 0.659. The molecule has 0 amide bonds. The summed E-state index contributed by atoms with van der Waals surface area (Å²) in [5.74, 6) is 0. The van der Waals surface area contributed by atoms with Crippen molar-refractivity contribution in [3.05, 3.63) is 12.3 Å². The maximum Gasteiger partial charge on any atom is 0.0934 e. The van der Waals surface area contributed by atoms with Gasteiger partial charge in [-0.15, -0.1) is 0 Å². The molecule has 0 aliphatic rings. The van der Waals surface area contributed by atoms with Crippen molar-refractivity contribution in [2.75, 3.05) is 0 Å². The van der Waals surface area contributed by atoms with Gasteiger partial charge in [0.25, 0.3) is 0 Å². The van der Waals surface area contributed by atoms with Crippen molar-refractivity contribution < 1.29 is 0 Å². The largest absolute Gasteiger partial charge is 0.389 e. The molecule has 0 atom stereocenters. The van der Waals surface area contributed by atoms with Crippen molar-refractivity contribution >= 4 is 26.3 Å². The van der Waals surface area contributed by atoms with E-state index in [2.05, 4.69) is 19.2 Å². The normalized spacial score (nSPS) is 9.27. The van der Waals surface area contributed by atoms with Crippen LogP contribution in [0.1, 0.15) is 27.7 Å². The van der Waals surface area contributed by atoms with Crippen LogP contribution in [0.15, 0.2) is 12.3 Å². The Bertz CT molecular complexity index is 119. The highest BCUT2D eigenvalue weighted by Gasteiger charge is 1.83. The molecule has 0 saturated carbocycles. The van der Waals surface area contributed by atoms with Gasteiger partial charge < -0.3 is 5.32 Å². The van der Waals surface area contributed by atoms with Crippen molar-refractivity contribution in [1.82, 2.24) is 5.32 Å². The molecule has 2 N–H and O–H groups in total. The van der Waals surface area contributed by atoms with Crippen LogP contribution in [-0.2, 0) is 0 Å². The lowest BCUT2D eigenvalue weighted by Gasteiger charge is -2.01. The number of nitrogens with one attached hydrogen (secondary N) is 2. The van der Waals surface area contributed by atoms with Crippen LogP contribution in [0.5, 0.6) is 0 Å². The lowest BCUT2D eigenvalue weighted by atomic mass is 10.4. The van der Waals surface area contributed by atoms with Crippen molar-refractivity contribution in [2.45, 2.75) is 33.7 Å². The average molecular weight is 268 g/mol. The first-order valence-electron chi connectivity index (χ1n) is 3.79. The minimum atomic E-state index is 0.456. The van der Waals surface area contributed by atoms with E-state index < -0.39 is 0 Å². The van der Waals surface area contributed by atoms with E-state index in [0.717, 1.165) is 0 Å². The fourth-order valence-corrected chi connectivity index (χ4v) is 0.494. The number of hydrogen-bond acceptors (Lipinski definition) is 2. The Kier molecular flexibility index (Phi) is 12.2. The first-order valence-corrected chi connectivity index (χ1v) is 4.87. The standard InChI is InChI=1S/C6H11IN2.C2H6/c1-5(2)9-4-3-6(7)8;1-2/h3-5,8-9H,1-2H3;1-2H3/b4-3-,8-6?;. The monoisotopic (exact) mass is 268 g/mol. The summed E-state index contributed by atoms with van der Waals surface area (Å²) in [4.78, 5) is 0. The quantitative estimate of drug-likeness (QED) is 0.599. The summed E-state index contributed by atoms with van der Waals surface area (Å²) in [5.41, 5.74) is 0. The second-order valence-electron chi connectivity index (χ2n) is 2.00. The van der Waals surface area contributed by atoms with Crippen molar-refractivity contribution in [2.24, 2.45) is 0 Å². The second-order valence-corrected chi connectivity index (χ2v) is 3.16. The fraction of sp³-hybridized carbons (Fsp3) is 0.625. The Hall–Kier alpha value is -0.0600. The van der Waals surface area contributed by atoms with Crippen LogP contribution in [0.2, 0.25) is 0 Å². The van der Waals surface area contributed by atoms with E-state index in [4.69, 9.17) is 5.41 Å². The Morgan fingerprint density at radius 2 is 1.91 bits per heavy atom. The van der Waals surface area contributed by atoms with E-state index in [1.807, 2.05) is 36.4 Å². The predicted molar refractivity (Wildman–Crippen MR) is 60.5 cm³/mol. The zero-order chi connectivity index (χ0) is 9.28. The molecule has 0 aromatic rings. The van der Waals surface area contributed by atoms with Crippen LogP contribution >= 0.6 is 22.6 Å². The van der Waals surface area contributed by atoms with Gasteiger partial charge in [0.05, 0.1) is 3.72 Å². The molecule has 0 aliphatic carbocycles. The van der Waals surface area contributed by atoms with Crippen molar-refractivity contribution in [3.63, 3.8) is 0 Å². The Labute approximate surface area is 83.1 Å². The zero-order valence-electron chi connectivity index (χ0n) is 7.61. The van der Waals surface area contributed by atoms with Crippen LogP contribution in [0.3, 0.4) is 0 Å². The molecule has 0 unspecified atom stereocenters. The molecule has 0 bridgehead atoms. The lowest BCUT2D eigenvalue weighted by Crippen LogP contribution is -2.15. The van der Waals surface area contributed by atoms with Crippen molar-refractivity contribution in [3.8, 4) is 0 Å². The maximum absolute atomic E-state index is 7.00. The van der Waals surface area contributed by atoms with E-state index in [9.17, 15) is 0 Å². The zero-order valence-corrected chi connectivity index (χ0v) is 9.77. The van der Waals surface area contributed by atoms with Gasteiger partial charge in [-0.2, -0.15) is 0 Å². The molecule has 0 rings (SSSR count). The molecule has 0 aromatic carbocycles. The van der Waals surface area contributed by atoms with Crippen LogP contribution < -0.4 is 5.32 Å². The van der Waals surface area contributed by atoms with E-state index in [-0.39, 0.29) is 0 Å². The van der Waals surface area contributed by atoms with Gasteiger partial charge in [-0.25, -0.2) is 0 Å². The molecular weight excluding hydrogens is 251 g/mol. The third-order valence-corrected chi connectivity index (χ3v) is 1.02. The Balaban J connectivity index is 0. The first kappa shape index (κ1) is 13.5. The third kappa shape index (κ3) is 17.8. The summed E-state index contributed by atoms with van der Waals surface area (Å²) in [6.07, 6.45) is 3.51. The number of rotatable bonds is 3. The molecule has 3 heteroatoms. The highest BCUT2D eigenvalue weighted by molar-refractivity contribution is 14.1. The highest BCUT2D eigenvalue weighted by Crippen LogP contribution is 1.86. The van der Waals surface area contributed by atoms with Gasteiger partial charge in [0, 0.05) is 6.04 Å². The summed E-state index contributed by atoms with van der Waals surface area (Å²) < 4.78 is 0.542. The predicted octanol–water partition coefficient (Wildman–Crippen LogP) is 2.94. The summed E-state index contributed by atoms with van der Waals surface area (Å²) in [6.45, 7) is 8.11. The van der Waals surface area contributed by atoms with E-state index >= 15 is 0 Å². The van der Waals surface area contributed by atoms with Crippen LogP contribution in [0, 0.1) is 5.41 Å². The SMILES string of the molecule is CC.CC(C)N/C=C\C(=N)I. The second kappa shape index (κ2) is 9.94. The summed E-state index contributed by atoms with van der Waals surface area (Å²) in [5, 5.41) is 10.0. The number of allylic oxidation sites excluding steroid dienone is 1. The molecule has 0 radical (unpaired) electrons. The highest BCUT2D eigenvalue weighted by atomic mass is 127. The van der Waals surface area contributed by atoms with Gasteiger partial charge in [0.2, 0.25) is 0 Å². The Morgan fingerprint density at radius 1 is 1.45 bits per heavy atom. The van der Waals surface area contributed by atoms with Crippen LogP contribution in [-0.4, -0.2) is 9.76 Å². The topological polar surface area (TPSA) is 35.9 Å². The molecule has 0 aliphatic heterocycles. The minimum Gasteiger partial charge on any atom is -0.389 e. The maximum atomic E-state index is 7.00. The molecule has 2 nitrogen and oxygen atoms in total. The van der Waals surface area contributed by atoms with Gasteiger partial charge in [-0.1, -0.05) is 13.8 Å². The molecule has 0 fully saturated rings. The first-order chi connectivity index (χ1) is 5.13. The lowest BCUT2D eigenvalue weighted by molar-refractivity contribution is 0.703. The van der Waals surface area contributed by atoms with Gasteiger partial charge in [0.1, 0.15) is 0 Å². The molecule has 0 saturated heterocycles. The van der Waals surface area contributed by atoms with Gasteiger partial charge in [0.15, 0.2) is 0 Å². The van der Waals surface area contributed by atoms with Crippen LogP contribution in [0.25, 0.3) is 0 Å².